The number of aromatic nitrogens is 2. The Morgan fingerprint density at radius 1 is 1.43 bits per heavy atom. The summed E-state index contributed by atoms with van der Waals surface area (Å²) in [5, 5.41) is 6.60. The van der Waals surface area contributed by atoms with Gasteiger partial charge in [-0.25, -0.2) is 4.68 Å². The first-order chi connectivity index (χ1) is 10.1. The summed E-state index contributed by atoms with van der Waals surface area (Å²) in [6.45, 7) is 0.211. The molecule has 110 valence electrons. The average molecular weight is 288 g/mol. The molecule has 21 heavy (non-hydrogen) atoms. The molecule has 0 aliphatic heterocycles. The van der Waals surface area contributed by atoms with Crippen LogP contribution in [0.25, 0.3) is 0 Å². The summed E-state index contributed by atoms with van der Waals surface area (Å²) in [6.07, 6.45) is 1.63. The molecule has 0 saturated heterocycles. The van der Waals surface area contributed by atoms with Gasteiger partial charge in [-0.1, -0.05) is 0 Å². The number of carbonyl (C=O) groups is 1. The van der Waals surface area contributed by atoms with E-state index in [1.807, 2.05) is 0 Å². The van der Waals surface area contributed by atoms with Crippen molar-refractivity contribution >= 4 is 17.3 Å². The molecule has 0 aliphatic rings. The molecule has 0 aliphatic carbocycles. The minimum absolute atomic E-state index is 0.129. The molecule has 1 heterocycles. The van der Waals surface area contributed by atoms with Crippen LogP contribution >= 0.6 is 0 Å². The van der Waals surface area contributed by atoms with Gasteiger partial charge in [-0.3, -0.25) is 9.59 Å². The molecule has 0 atom stereocenters. The fourth-order valence-electron chi connectivity index (χ4n) is 1.79. The molecular formula is C14H16N4O3. The highest BCUT2D eigenvalue weighted by Crippen LogP contribution is 2.26. The van der Waals surface area contributed by atoms with Crippen molar-refractivity contribution in [3.8, 4) is 5.75 Å². The fourth-order valence-corrected chi connectivity index (χ4v) is 1.79. The molecule has 1 aromatic heterocycles. The summed E-state index contributed by atoms with van der Waals surface area (Å²) in [5.41, 5.74) is 6.48. The first-order valence-corrected chi connectivity index (χ1v) is 6.35. The van der Waals surface area contributed by atoms with Gasteiger partial charge in [-0.2, -0.15) is 5.10 Å². The molecule has 1 aromatic carbocycles. The Bertz CT molecular complexity index is 697. The van der Waals surface area contributed by atoms with Gasteiger partial charge in [0.1, 0.15) is 5.75 Å². The Morgan fingerprint density at radius 3 is 2.95 bits per heavy atom. The van der Waals surface area contributed by atoms with Gasteiger partial charge in [-0.05, 0) is 18.2 Å². The van der Waals surface area contributed by atoms with E-state index in [1.165, 1.54) is 24.1 Å². The summed E-state index contributed by atoms with van der Waals surface area (Å²) in [4.78, 5) is 23.4. The molecule has 2 aromatic rings. The molecule has 0 fully saturated rings. The van der Waals surface area contributed by atoms with Crippen molar-refractivity contribution < 1.29 is 9.53 Å². The zero-order valence-corrected chi connectivity index (χ0v) is 11.6. The van der Waals surface area contributed by atoms with Crippen molar-refractivity contribution in [1.82, 2.24) is 9.78 Å². The molecule has 7 heteroatoms. The number of hydrogen-bond acceptors (Lipinski definition) is 5. The molecule has 0 radical (unpaired) electrons. The first kappa shape index (κ1) is 14.6. The second-order valence-electron chi connectivity index (χ2n) is 4.34. The highest BCUT2D eigenvalue weighted by molar-refractivity contribution is 5.92. The topological polar surface area (TPSA) is 99.2 Å². The number of rotatable bonds is 5. The Balaban J connectivity index is 1.99. The van der Waals surface area contributed by atoms with Crippen LogP contribution in [0.4, 0.5) is 11.4 Å². The third-order valence-electron chi connectivity index (χ3n) is 2.84. The number of hydrogen-bond donors (Lipinski definition) is 2. The number of benzene rings is 1. The molecule has 7 nitrogen and oxygen atoms in total. The fraction of sp³-hybridized carbons (Fsp3) is 0.214. The van der Waals surface area contributed by atoms with Crippen molar-refractivity contribution in [3.05, 3.63) is 46.9 Å². The quantitative estimate of drug-likeness (QED) is 0.795. The predicted octanol–water partition coefficient (Wildman–Crippen LogP) is 0.863. The number of methoxy groups -OCH3 is 1. The third-order valence-corrected chi connectivity index (χ3v) is 2.84. The number of nitrogen functional groups attached to an aromatic ring is 1. The molecule has 0 bridgehead atoms. The van der Waals surface area contributed by atoms with Crippen LogP contribution in [0, 0.1) is 0 Å². The van der Waals surface area contributed by atoms with Crippen molar-refractivity contribution in [1.29, 1.82) is 0 Å². The maximum Gasteiger partial charge on any atom is 0.266 e. The van der Waals surface area contributed by atoms with Crippen LogP contribution in [0.3, 0.4) is 0 Å². The second kappa shape index (κ2) is 6.56. The van der Waals surface area contributed by atoms with E-state index in [4.69, 9.17) is 10.5 Å². The van der Waals surface area contributed by atoms with Crippen molar-refractivity contribution in [2.45, 2.75) is 13.0 Å². The zero-order valence-electron chi connectivity index (χ0n) is 11.6. The van der Waals surface area contributed by atoms with E-state index in [1.54, 1.807) is 24.3 Å². The summed E-state index contributed by atoms with van der Waals surface area (Å²) in [5.74, 6) is 0.244. The van der Waals surface area contributed by atoms with E-state index in [2.05, 4.69) is 10.4 Å². The standard InChI is InChI=1S/C14H16N4O3/c1-21-12-9-10(15)4-5-11(12)17-13(19)6-8-18-14(20)3-2-7-16-18/h2-5,7,9H,6,8,15H2,1H3,(H,17,19). The minimum Gasteiger partial charge on any atom is -0.494 e. The Kier molecular flexibility index (Phi) is 4.55. The van der Waals surface area contributed by atoms with Gasteiger partial charge in [0.15, 0.2) is 0 Å². The van der Waals surface area contributed by atoms with Gasteiger partial charge in [0, 0.05) is 30.4 Å². The maximum absolute atomic E-state index is 11.9. The van der Waals surface area contributed by atoms with Crippen molar-refractivity contribution in [2.75, 3.05) is 18.2 Å². The van der Waals surface area contributed by atoms with E-state index in [0.29, 0.717) is 17.1 Å². The Labute approximate surface area is 121 Å². The van der Waals surface area contributed by atoms with Gasteiger partial charge >= 0.3 is 0 Å². The van der Waals surface area contributed by atoms with Crippen LogP contribution in [-0.2, 0) is 11.3 Å². The van der Waals surface area contributed by atoms with E-state index in [9.17, 15) is 9.59 Å². The zero-order chi connectivity index (χ0) is 15.2. The number of aryl methyl sites for hydroxylation is 1. The number of amides is 1. The number of ether oxygens (including phenoxy) is 1. The SMILES string of the molecule is COc1cc(N)ccc1NC(=O)CCn1ncccc1=O. The monoisotopic (exact) mass is 288 g/mol. The summed E-state index contributed by atoms with van der Waals surface area (Å²) in [6, 6.07) is 7.91. The van der Waals surface area contributed by atoms with Gasteiger partial charge in [-0.15, -0.1) is 0 Å². The first-order valence-electron chi connectivity index (χ1n) is 6.35. The van der Waals surface area contributed by atoms with Crippen LogP contribution < -0.4 is 21.3 Å². The lowest BCUT2D eigenvalue weighted by atomic mass is 10.2. The number of nitrogens with zero attached hydrogens (tertiary/aromatic N) is 2. The van der Waals surface area contributed by atoms with E-state index in [0.717, 1.165) is 0 Å². The normalized spacial score (nSPS) is 10.1. The van der Waals surface area contributed by atoms with Crippen LogP contribution in [0.15, 0.2) is 41.3 Å². The van der Waals surface area contributed by atoms with E-state index >= 15 is 0 Å². The molecule has 0 unspecified atom stereocenters. The van der Waals surface area contributed by atoms with Gasteiger partial charge in [0.25, 0.3) is 5.56 Å². The maximum atomic E-state index is 11.9. The van der Waals surface area contributed by atoms with Crippen LogP contribution in [0.5, 0.6) is 5.75 Å². The van der Waals surface area contributed by atoms with Gasteiger partial charge in [0.05, 0.1) is 19.3 Å². The summed E-state index contributed by atoms with van der Waals surface area (Å²) in [7, 11) is 1.50. The van der Waals surface area contributed by atoms with Crippen LogP contribution in [0.2, 0.25) is 0 Å². The number of carbonyl (C=O) groups excluding carboxylic acids is 1. The molecule has 0 saturated carbocycles. The molecule has 1 amide bonds. The Hall–Kier alpha value is -2.83. The van der Waals surface area contributed by atoms with Crippen LogP contribution in [-0.4, -0.2) is 22.8 Å². The Morgan fingerprint density at radius 2 is 2.24 bits per heavy atom. The lowest BCUT2D eigenvalue weighted by Crippen LogP contribution is -2.24. The van der Waals surface area contributed by atoms with Gasteiger partial charge in [0.2, 0.25) is 5.91 Å². The second-order valence-corrected chi connectivity index (χ2v) is 4.34. The summed E-state index contributed by atoms with van der Waals surface area (Å²) >= 11 is 0. The predicted molar refractivity (Wildman–Crippen MR) is 79.2 cm³/mol. The van der Waals surface area contributed by atoms with Gasteiger partial charge < -0.3 is 15.8 Å². The smallest absolute Gasteiger partial charge is 0.266 e. The number of nitrogens with two attached hydrogens (primary N) is 1. The highest BCUT2D eigenvalue weighted by Gasteiger charge is 2.08. The minimum atomic E-state index is -0.240. The third kappa shape index (κ3) is 3.82. The number of nitrogens with one attached hydrogen (secondary N) is 1. The molecular weight excluding hydrogens is 272 g/mol. The molecule has 0 spiro atoms. The summed E-state index contributed by atoms with van der Waals surface area (Å²) < 4.78 is 6.38. The van der Waals surface area contributed by atoms with E-state index in [-0.39, 0.29) is 24.4 Å². The lowest BCUT2D eigenvalue weighted by molar-refractivity contribution is -0.116. The van der Waals surface area contributed by atoms with Crippen molar-refractivity contribution in [3.63, 3.8) is 0 Å². The molecule has 2 rings (SSSR count). The highest BCUT2D eigenvalue weighted by atomic mass is 16.5. The lowest BCUT2D eigenvalue weighted by Gasteiger charge is -2.11. The van der Waals surface area contributed by atoms with E-state index < -0.39 is 0 Å². The van der Waals surface area contributed by atoms with Crippen molar-refractivity contribution in [2.24, 2.45) is 0 Å². The van der Waals surface area contributed by atoms with Crippen LogP contribution in [0.1, 0.15) is 6.42 Å². The number of anilines is 2. The average Bonchev–Trinajstić information content (AvgIpc) is 2.48. The molecule has 3 N–H and O–H groups in total. The largest absolute Gasteiger partial charge is 0.494 e.